The SMILES string of the molecule is C[C@@]1(N=[N+]=[N-])C(=O)c2ccccc2O[C@@H]1c1ccccc1. The zero-order valence-corrected chi connectivity index (χ0v) is 11.4. The Morgan fingerprint density at radius 2 is 1.81 bits per heavy atom. The van der Waals surface area contributed by atoms with Crippen molar-refractivity contribution in [2.24, 2.45) is 5.11 Å². The third-order valence-corrected chi connectivity index (χ3v) is 3.70. The van der Waals surface area contributed by atoms with Crippen LogP contribution in [0.5, 0.6) is 5.75 Å². The predicted molar refractivity (Wildman–Crippen MR) is 78.1 cm³/mol. The van der Waals surface area contributed by atoms with E-state index in [0.29, 0.717) is 11.3 Å². The highest BCUT2D eigenvalue weighted by molar-refractivity contribution is 6.06. The van der Waals surface area contributed by atoms with Gasteiger partial charge in [0.2, 0.25) is 0 Å². The summed E-state index contributed by atoms with van der Waals surface area (Å²) < 4.78 is 5.97. The molecule has 1 aliphatic rings. The van der Waals surface area contributed by atoms with Crippen molar-refractivity contribution in [3.8, 4) is 5.75 Å². The molecule has 1 heterocycles. The van der Waals surface area contributed by atoms with Gasteiger partial charge in [0.25, 0.3) is 0 Å². The molecule has 0 amide bonds. The number of nitrogens with zero attached hydrogens (tertiary/aromatic N) is 3. The average molecular weight is 279 g/mol. The first-order valence-electron chi connectivity index (χ1n) is 6.58. The zero-order chi connectivity index (χ0) is 14.9. The van der Waals surface area contributed by atoms with Gasteiger partial charge in [0.1, 0.15) is 17.4 Å². The Morgan fingerprint density at radius 3 is 2.52 bits per heavy atom. The van der Waals surface area contributed by atoms with Crippen LogP contribution < -0.4 is 4.74 Å². The number of Topliss-reactive ketones (excluding diaryl/α,β-unsaturated/α-hetero) is 1. The third-order valence-electron chi connectivity index (χ3n) is 3.70. The minimum Gasteiger partial charge on any atom is -0.484 e. The van der Waals surface area contributed by atoms with Crippen molar-refractivity contribution in [2.45, 2.75) is 18.6 Å². The van der Waals surface area contributed by atoms with Crippen molar-refractivity contribution >= 4 is 5.78 Å². The number of para-hydroxylation sites is 1. The molecule has 0 aromatic heterocycles. The lowest BCUT2D eigenvalue weighted by molar-refractivity contribution is 0.0602. The molecule has 0 radical (unpaired) electrons. The topological polar surface area (TPSA) is 75.1 Å². The van der Waals surface area contributed by atoms with E-state index >= 15 is 0 Å². The standard InChI is InChI=1S/C16H13N3O2/c1-16(18-19-17)14(20)12-9-5-6-10-13(12)21-15(16)11-7-3-2-4-8-11/h2-10,15H,1H3/t15-,16-/m1/s1. The molecule has 0 spiro atoms. The van der Waals surface area contributed by atoms with Gasteiger partial charge in [0.05, 0.1) is 5.56 Å². The van der Waals surface area contributed by atoms with Crippen molar-refractivity contribution in [3.63, 3.8) is 0 Å². The molecule has 2 aromatic carbocycles. The summed E-state index contributed by atoms with van der Waals surface area (Å²) in [5.41, 5.74) is 8.81. The first-order chi connectivity index (χ1) is 10.2. The summed E-state index contributed by atoms with van der Waals surface area (Å²) in [6.45, 7) is 1.61. The van der Waals surface area contributed by atoms with Gasteiger partial charge in [-0.25, -0.2) is 0 Å². The van der Waals surface area contributed by atoms with Gasteiger partial charge in [-0.05, 0) is 30.2 Å². The van der Waals surface area contributed by atoms with Crippen molar-refractivity contribution in [1.82, 2.24) is 0 Å². The minimum atomic E-state index is -1.30. The Labute approximate surface area is 121 Å². The number of carbonyl (C=O) groups is 1. The molecule has 5 heteroatoms. The molecular formula is C16H13N3O2. The summed E-state index contributed by atoms with van der Waals surface area (Å²) >= 11 is 0. The maximum atomic E-state index is 12.8. The second kappa shape index (κ2) is 4.96. The molecule has 0 saturated carbocycles. The number of hydrogen-bond acceptors (Lipinski definition) is 3. The molecular weight excluding hydrogens is 266 g/mol. The van der Waals surface area contributed by atoms with Crippen molar-refractivity contribution in [3.05, 3.63) is 76.2 Å². The van der Waals surface area contributed by atoms with Gasteiger partial charge in [0, 0.05) is 4.91 Å². The molecule has 21 heavy (non-hydrogen) atoms. The Morgan fingerprint density at radius 1 is 1.14 bits per heavy atom. The van der Waals surface area contributed by atoms with Gasteiger partial charge in [0.15, 0.2) is 5.78 Å². The number of ketones is 1. The fourth-order valence-corrected chi connectivity index (χ4v) is 2.60. The van der Waals surface area contributed by atoms with E-state index in [-0.39, 0.29) is 5.78 Å². The largest absolute Gasteiger partial charge is 0.484 e. The highest BCUT2D eigenvalue weighted by atomic mass is 16.5. The van der Waals surface area contributed by atoms with E-state index in [0.717, 1.165) is 5.56 Å². The van der Waals surface area contributed by atoms with Crippen LogP contribution in [0.4, 0.5) is 0 Å². The fraction of sp³-hybridized carbons (Fsp3) is 0.188. The Hall–Kier alpha value is -2.78. The van der Waals surface area contributed by atoms with Crippen LogP contribution in [0.25, 0.3) is 10.4 Å². The van der Waals surface area contributed by atoms with Gasteiger partial charge < -0.3 is 4.74 Å². The van der Waals surface area contributed by atoms with Crippen LogP contribution in [-0.4, -0.2) is 11.3 Å². The second-order valence-corrected chi connectivity index (χ2v) is 5.07. The fourth-order valence-electron chi connectivity index (χ4n) is 2.60. The van der Waals surface area contributed by atoms with Crippen molar-refractivity contribution in [2.75, 3.05) is 0 Å². The molecule has 1 aliphatic heterocycles. The molecule has 2 atom stereocenters. The van der Waals surface area contributed by atoms with Crippen LogP contribution >= 0.6 is 0 Å². The summed E-state index contributed by atoms with van der Waals surface area (Å²) in [6.07, 6.45) is -0.642. The van der Waals surface area contributed by atoms with Gasteiger partial charge in [-0.1, -0.05) is 47.6 Å². The molecule has 0 N–H and O–H groups in total. The lowest BCUT2D eigenvalue weighted by atomic mass is 9.81. The molecule has 0 bridgehead atoms. The van der Waals surface area contributed by atoms with E-state index in [2.05, 4.69) is 10.0 Å². The number of hydrogen-bond donors (Lipinski definition) is 0. The molecule has 0 unspecified atom stereocenters. The smallest absolute Gasteiger partial charge is 0.182 e. The summed E-state index contributed by atoms with van der Waals surface area (Å²) in [5.74, 6) is 0.290. The molecule has 104 valence electrons. The number of fused-ring (bicyclic) bond motifs is 1. The lowest BCUT2D eigenvalue weighted by Gasteiger charge is -2.37. The summed E-state index contributed by atoms with van der Waals surface area (Å²) in [5, 5.41) is 3.76. The monoisotopic (exact) mass is 279 g/mol. The third kappa shape index (κ3) is 2.04. The first-order valence-corrected chi connectivity index (χ1v) is 6.58. The van der Waals surface area contributed by atoms with E-state index in [1.54, 1.807) is 25.1 Å². The Balaban J connectivity index is 2.19. The van der Waals surface area contributed by atoms with Gasteiger partial charge in [-0.15, -0.1) is 0 Å². The van der Waals surface area contributed by atoms with E-state index in [1.165, 1.54) is 0 Å². The van der Waals surface area contributed by atoms with Gasteiger partial charge in [-0.2, -0.15) is 0 Å². The van der Waals surface area contributed by atoms with Crippen LogP contribution in [0.1, 0.15) is 28.9 Å². The molecule has 5 nitrogen and oxygen atoms in total. The number of rotatable bonds is 2. The maximum absolute atomic E-state index is 12.8. The maximum Gasteiger partial charge on any atom is 0.182 e. The summed E-state index contributed by atoms with van der Waals surface area (Å²) in [7, 11) is 0. The number of ether oxygens (including phenoxy) is 1. The predicted octanol–water partition coefficient (Wildman–Crippen LogP) is 4.07. The molecule has 0 fully saturated rings. The Kier molecular flexibility index (Phi) is 3.12. The Bertz CT molecular complexity index is 738. The molecule has 0 aliphatic carbocycles. The van der Waals surface area contributed by atoms with Crippen LogP contribution in [0, 0.1) is 0 Å². The summed E-state index contributed by atoms with van der Waals surface area (Å²) in [6, 6.07) is 16.3. The normalized spacial score (nSPS) is 23.7. The van der Waals surface area contributed by atoms with Gasteiger partial charge >= 0.3 is 0 Å². The average Bonchev–Trinajstić information content (AvgIpc) is 2.52. The van der Waals surface area contributed by atoms with Crippen molar-refractivity contribution < 1.29 is 9.53 Å². The highest BCUT2D eigenvalue weighted by Gasteiger charge is 2.48. The van der Waals surface area contributed by atoms with E-state index in [4.69, 9.17) is 10.3 Å². The minimum absolute atomic E-state index is 0.226. The first kappa shape index (κ1) is 13.2. The van der Waals surface area contributed by atoms with E-state index in [9.17, 15) is 4.79 Å². The van der Waals surface area contributed by atoms with Gasteiger partial charge in [-0.3, -0.25) is 4.79 Å². The van der Waals surface area contributed by atoms with E-state index in [1.807, 2.05) is 36.4 Å². The number of carbonyl (C=O) groups excluding carboxylic acids is 1. The highest BCUT2D eigenvalue weighted by Crippen LogP contribution is 2.43. The summed E-state index contributed by atoms with van der Waals surface area (Å²) in [4.78, 5) is 15.6. The van der Waals surface area contributed by atoms with Crippen LogP contribution in [0.2, 0.25) is 0 Å². The number of azide groups is 1. The van der Waals surface area contributed by atoms with Crippen LogP contribution in [0.15, 0.2) is 59.7 Å². The number of benzene rings is 2. The van der Waals surface area contributed by atoms with Crippen LogP contribution in [-0.2, 0) is 0 Å². The molecule has 0 saturated heterocycles. The van der Waals surface area contributed by atoms with Crippen LogP contribution in [0.3, 0.4) is 0 Å². The quantitative estimate of drug-likeness (QED) is 0.472. The molecule has 2 aromatic rings. The molecule has 3 rings (SSSR count). The zero-order valence-electron chi connectivity index (χ0n) is 11.4. The lowest BCUT2D eigenvalue weighted by Crippen LogP contribution is -2.45. The second-order valence-electron chi connectivity index (χ2n) is 5.07. The van der Waals surface area contributed by atoms with E-state index < -0.39 is 11.6 Å². The van der Waals surface area contributed by atoms with Crippen molar-refractivity contribution in [1.29, 1.82) is 0 Å².